The van der Waals surface area contributed by atoms with E-state index in [1.807, 2.05) is 17.8 Å². The van der Waals surface area contributed by atoms with Gasteiger partial charge in [0.2, 0.25) is 5.91 Å². The molecule has 13 heavy (non-hydrogen) atoms. The van der Waals surface area contributed by atoms with Crippen molar-refractivity contribution in [3.63, 3.8) is 0 Å². The molecule has 0 aliphatic heterocycles. The minimum atomic E-state index is -0.151. The molecule has 0 aliphatic carbocycles. The third-order valence-corrected chi connectivity index (χ3v) is 2.56. The number of nitrogens with zero attached hydrogens (tertiary/aromatic N) is 2. The second kappa shape index (κ2) is 4.88. The number of nitrogens with one attached hydrogen (secondary N) is 1. The van der Waals surface area contributed by atoms with Crippen molar-refractivity contribution in [1.29, 1.82) is 0 Å². The zero-order valence-corrected chi connectivity index (χ0v) is 8.17. The Balaban J connectivity index is 2.28. The molecule has 0 spiro atoms. The van der Waals surface area contributed by atoms with Crippen LogP contribution in [0, 0.1) is 0 Å². The summed E-state index contributed by atoms with van der Waals surface area (Å²) >= 11 is 1.53. The average Bonchev–Trinajstić information content (AvgIpc) is 2.52. The van der Waals surface area contributed by atoms with Gasteiger partial charge in [0.15, 0.2) is 5.16 Å². The molecule has 0 radical (unpaired) electrons. The maximum Gasteiger partial charge on any atom is 0.234 e. The van der Waals surface area contributed by atoms with E-state index >= 15 is 0 Å². The lowest BCUT2D eigenvalue weighted by Gasteiger charge is -2.00. The third kappa shape index (κ3) is 3.08. The summed E-state index contributed by atoms with van der Waals surface area (Å²) in [6, 6.07) is 0. The molecule has 1 aromatic rings. The molecular weight excluding hydrogens is 188 g/mol. The Morgan fingerprint density at radius 2 is 2.62 bits per heavy atom. The van der Waals surface area contributed by atoms with E-state index in [1.165, 1.54) is 11.8 Å². The number of amides is 1. The lowest BCUT2D eigenvalue weighted by atomic mass is 10.5. The normalized spacial score (nSPS) is 10.0. The molecule has 0 atom stereocenters. The van der Waals surface area contributed by atoms with Crippen molar-refractivity contribution in [1.82, 2.24) is 15.0 Å². The van der Waals surface area contributed by atoms with Gasteiger partial charge in [0.1, 0.15) is 0 Å². The summed E-state index contributed by atoms with van der Waals surface area (Å²) in [5, 5.41) is 0.907. The highest BCUT2D eigenvalue weighted by molar-refractivity contribution is 7.99. The summed E-state index contributed by atoms with van der Waals surface area (Å²) in [5.41, 5.74) is 2.08. The van der Waals surface area contributed by atoms with Gasteiger partial charge in [-0.1, -0.05) is 11.8 Å². The Hall–Kier alpha value is -1.01. The number of nitrogens with two attached hydrogens (primary N) is 1. The first kappa shape index (κ1) is 10.1. The first-order chi connectivity index (χ1) is 6.24. The molecule has 1 heterocycles. The number of aromatic nitrogens is 2. The molecule has 0 aliphatic rings. The highest BCUT2D eigenvalue weighted by Gasteiger charge is 2.02. The van der Waals surface area contributed by atoms with Gasteiger partial charge in [-0.2, -0.15) is 0 Å². The van der Waals surface area contributed by atoms with Crippen LogP contribution >= 0.6 is 11.8 Å². The number of hydrazine groups is 1. The van der Waals surface area contributed by atoms with Crippen molar-refractivity contribution in [2.75, 3.05) is 5.75 Å². The first-order valence-corrected chi connectivity index (χ1v) is 4.82. The zero-order valence-electron chi connectivity index (χ0n) is 7.36. The highest BCUT2D eigenvalue weighted by Crippen LogP contribution is 2.14. The molecule has 6 heteroatoms. The Morgan fingerprint density at radius 1 is 1.85 bits per heavy atom. The van der Waals surface area contributed by atoms with E-state index in [2.05, 4.69) is 10.4 Å². The molecule has 0 saturated carbocycles. The fraction of sp³-hybridized carbons (Fsp3) is 0.429. The van der Waals surface area contributed by atoms with Crippen molar-refractivity contribution in [2.24, 2.45) is 12.9 Å². The monoisotopic (exact) mass is 200 g/mol. The van der Waals surface area contributed by atoms with Gasteiger partial charge >= 0.3 is 0 Å². The van der Waals surface area contributed by atoms with E-state index in [9.17, 15) is 4.79 Å². The Morgan fingerprint density at radius 3 is 3.15 bits per heavy atom. The van der Waals surface area contributed by atoms with E-state index in [0.29, 0.717) is 12.2 Å². The predicted molar refractivity (Wildman–Crippen MR) is 50.9 cm³/mol. The fourth-order valence-electron chi connectivity index (χ4n) is 0.798. The molecule has 0 bridgehead atoms. The number of hydrogen-bond acceptors (Lipinski definition) is 4. The molecule has 5 nitrogen and oxygen atoms in total. The number of rotatable bonds is 4. The van der Waals surface area contributed by atoms with E-state index in [0.717, 1.165) is 5.16 Å². The summed E-state index contributed by atoms with van der Waals surface area (Å²) in [4.78, 5) is 14.8. The van der Waals surface area contributed by atoms with Gasteiger partial charge in [-0.05, 0) is 0 Å². The number of thioether (sulfide) groups is 1. The summed E-state index contributed by atoms with van der Waals surface area (Å²) < 4.78 is 1.91. The number of aryl methyl sites for hydroxylation is 1. The topological polar surface area (TPSA) is 72.9 Å². The predicted octanol–water partition coefficient (Wildman–Crippen LogP) is -0.108. The number of hydrogen-bond donors (Lipinski definition) is 2. The van der Waals surface area contributed by atoms with E-state index < -0.39 is 0 Å². The van der Waals surface area contributed by atoms with Gasteiger partial charge < -0.3 is 4.57 Å². The lowest BCUT2D eigenvalue weighted by molar-refractivity contribution is -0.120. The van der Waals surface area contributed by atoms with Crippen LogP contribution in [0.1, 0.15) is 6.42 Å². The molecule has 0 unspecified atom stereocenters. The quantitative estimate of drug-likeness (QED) is 0.308. The first-order valence-electron chi connectivity index (χ1n) is 3.83. The largest absolute Gasteiger partial charge is 0.329 e. The molecular formula is C7H12N4OS. The van der Waals surface area contributed by atoms with Crippen LogP contribution in [0.5, 0.6) is 0 Å². The molecule has 72 valence electrons. The van der Waals surface area contributed by atoms with Gasteiger partial charge in [0.25, 0.3) is 0 Å². The van der Waals surface area contributed by atoms with Gasteiger partial charge in [-0.15, -0.1) is 0 Å². The molecule has 0 aromatic carbocycles. The summed E-state index contributed by atoms with van der Waals surface area (Å²) in [6.07, 6.45) is 4.00. The second-order valence-corrected chi connectivity index (χ2v) is 3.55. The minimum Gasteiger partial charge on any atom is -0.329 e. The van der Waals surface area contributed by atoms with Crippen LogP contribution in [0.4, 0.5) is 0 Å². The summed E-state index contributed by atoms with van der Waals surface area (Å²) in [6.45, 7) is 0. The standard InChI is InChI=1S/C7H12N4OS/c1-11-4-3-9-7(11)13-5-2-6(12)10-8/h3-4H,2,5,8H2,1H3,(H,10,12). The van der Waals surface area contributed by atoms with Crippen LogP contribution < -0.4 is 11.3 Å². The van der Waals surface area contributed by atoms with Crippen molar-refractivity contribution in [2.45, 2.75) is 11.6 Å². The van der Waals surface area contributed by atoms with E-state index in [-0.39, 0.29) is 5.91 Å². The fourth-order valence-corrected chi connectivity index (χ4v) is 1.67. The second-order valence-electron chi connectivity index (χ2n) is 2.49. The van der Waals surface area contributed by atoms with Crippen LogP contribution in [0.15, 0.2) is 17.6 Å². The van der Waals surface area contributed by atoms with Crippen molar-refractivity contribution in [3.05, 3.63) is 12.4 Å². The van der Waals surface area contributed by atoms with Gasteiger partial charge in [-0.3, -0.25) is 10.2 Å². The third-order valence-electron chi connectivity index (χ3n) is 1.50. The SMILES string of the molecule is Cn1ccnc1SCCC(=O)NN. The molecule has 0 saturated heterocycles. The number of carbonyl (C=O) groups excluding carboxylic acids is 1. The average molecular weight is 200 g/mol. The Labute approximate surface area is 80.7 Å². The van der Waals surface area contributed by atoms with E-state index in [1.54, 1.807) is 6.20 Å². The van der Waals surface area contributed by atoms with Crippen molar-refractivity contribution >= 4 is 17.7 Å². The maximum atomic E-state index is 10.7. The van der Waals surface area contributed by atoms with Gasteiger partial charge in [-0.25, -0.2) is 10.8 Å². The zero-order chi connectivity index (χ0) is 9.68. The maximum absolute atomic E-state index is 10.7. The van der Waals surface area contributed by atoms with Crippen molar-refractivity contribution in [3.8, 4) is 0 Å². The molecule has 1 amide bonds. The lowest BCUT2D eigenvalue weighted by Crippen LogP contribution is -2.30. The van der Waals surface area contributed by atoms with Crippen LogP contribution in [0.25, 0.3) is 0 Å². The smallest absolute Gasteiger partial charge is 0.234 e. The minimum absolute atomic E-state index is 0.151. The van der Waals surface area contributed by atoms with Crippen LogP contribution in [-0.2, 0) is 11.8 Å². The number of imidazole rings is 1. The molecule has 0 fully saturated rings. The Bertz CT molecular complexity index is 286. The molecule has 1 aromatic heterocycles. The summed E-state index contributed by atoms with van der Waals surface area (Å²) in [5.74, 6) is 5.47. The van der Waals surface area contributed by atoms with Crippen LogP contribution in [-0.4, -0.2) is 21.2 Å². The van der Waals surface area contributed by atoms with Crippen molar-refractivity contribution < 1.29 is 4.79 Å². The Kier molecular flexibility index (Phi) is 3.78. The van der Waals surface area contributed by atoms with E-state index in [4.69, 9.17) is 5.84 Å². The molecule has 1 rings (SSSR count). The van der Waals surface area contributed by atoms with Gasteiger partial charge in [0.05, 0.1) is 0 Å². The highest BCUT2D eigenvalue weighted by atomic mass is 32.2. The number of carbonyl (C=O) groups is 1. The summed E-state index contributed by atoms with van der Waals surface area (Å²) in [7, 11) is 1.92. The molecule has 3 N–H and O–H groups in total. The van der Waals surface area contributed by atoms with Gasteiger partial charge in [0, 0.05) is 31.6 Å². The van der Waals surface area contributed by atoms with Crippen LogP contribution in [0.2, 0.25) is 0 Å². The van der Waals surface area contributed by atoms with Crippen LogP contribution in [0.3, 0.4) is 0 Å².